The van der Waals surface area contributed by atoms with Gasteiger partial charge in [0.1, 0.15) is 6.61 Å². The molecule has 0 aromatic rings. The van der Waals surface area contributed by atoms with Gasteiger partial charge in [0.15, 0.2) is 0 Å². The van der Waals surface area contributed by atoms with E-state index >= 15 is 0 Å². The highest BCUT2D eigenvalue weighted by atomic mass is 16.5. The normalized spacial score (nSPS) is 9.79. The van der Waals surface area contributed by atoms with Gasteiger partial charge in [0.2, 0.25) is 0 Å². The number of carbonyl (C=O) groups is 2. The number of rotatable bonds is 10. The van der Waals surface area contributed by atoms with E-state index in [2.05, 4.69) is 24.1 Å². The summed E-state index contributed by atoms with van der Waals surface area (Å²) in [5.74, 6) is -0.432. The fourth-order valence-electron chi connectivity index (χ4n) is 1.42. The molecule has 110 valence electrons. The molecule has 0 aromatic heterocycles. The molecule has 0 fully saturated rings. The highest BCUT2D eigenvalue weighted by Crippen LogP contribution is 2.00. The van der Waals surface area contributed by atoms with Gasteiger partial charge in [0, 0.05) is 12.1 Å². The van der Waals surface area contributed by atoms with Crippen LogP contribution in [0.2, 0.25) is 0 Å². The van der Waals surface area contributed by atoms with Gasteiger partial charge in [-0.1, -0.05) is 39.2 Å². The predicted molar refractivity (Wildman–Crippen MR) is 75.9 cm³/mol. The Hall–Kier alpha value is -1.52. The topological polar surface area (TPSA) is 67.4 Å². The number of hydrogen-bond donors (Lipinski definition) is 2. The number of urea groups is 1. The molecule has 0 aliphatic heterocycles. The summed E-state index contributed by atoms with van der Waals surface area (Å²) in [4.78, 5) is 22.4. The summed E-state index contributed by atoms with van der Waals surface area (Å²) in [6, 6.07) is -0.220. The van der Waals surface area contributed by atoms with Gasteiger partial charge in [-0.15, -0.1) is 0 Å². The minimum atomic E-state index is -0.432. The van der Waals surface area contributed by atoms with Gasteiger partial charge in [-0.05, 0) is 13.3 Å². The van der Waals surface area contributed by atoms with Crippen LogP contribution in [0.1, 0.15) is 46.0 Å². The molecule has 0 rings (SSSR count). The van der Waals surface area contributed by atoms with Crippen molar-refractivity contribution in [2.24, 2.45) is 0 Å². The second kappa shape index (κ2) is 11.6. The summed E-state index contributed by atoms with van der Waals surface area (Å²) in [6.45, 7) is 8.37. The maximum absolute atomic E-state index is 11.3. The van der Waals surface area contributed by atoms with Gasteiger partial charge in [-0.25, -0.2) is 9.59 Å². The number of esters is 1. The number of ether oxygens (including phenoxy) is 1. The van der Waals surface area contributed by atoms with Gasteiger partial charge in [0.25, 0.3) is 0 Å². The summed E-state index contributed by atoms with van der Waals surface area (Å²) in [5, 5.41) is 5.38. The molecule has 19 heavy (non-hydrogen) atoms. The maximum Gasteiger partial charge on any atom is 0.333 e. The van der Waals surface area contributed by atoms with Crippen molar-refractivity contribution in [3.8, 4) is 0 Å². The number of unbranched alkanes of at least 4 members (excludes halogenated alkanes) is 4. The number of nitrogens with one attached hydrogen (secondary N) is 2. The molecule has 0 aliphatic rings. The monoisotopic (exact) mass is 270 g/mol. The Morgan fingerprint density at radius 2 is 1.68 bits per heavy atom. The van der Waals surface area contributed by atoms with Gasteiger partial charge in [-0.3, -0.25) is 0 Å². The quantitative estimate of drug-likeness (QED) is 0.364. The summed E-state index contributed by atoms with van der Waals surface area (Å²) in [7, 11) is 0. The largest absolute Gasteiger partial charge is 0.460 e. The van der Waals surface area contributed by atoms with Crippen molar-refractivity contribution in [3.05, 3.63) is 12.2 Å². The van der Waals surface area contributed by atoms with Crippen LogP contribution in [0.5, 0.6) is 0 Å². The lowest BCUT2D eigenvalue weighted by Gasteiger charge is -2.08. The molecule has 0 bridgehead atoms. The Morgan fingerprint density at radius 1 is 1.05 bits per heavy atom. The molecule has 0 saturated heterocycles. The fraction of sp³-hybridized carbons (Fsp3) is 0.714. The summed E-state index contributed by atoms with van der Waals surface area (Å²) >= 11 is 0. The van der Waals surface area contributed by atoms with E-state index in [1.807, 2.05) is 0 Å². The molecule has 0 atom stereocenters. The van der Waals surface area contributed by atoms with Crippen LogP contribution in [0, 0.1) is 0 Å². The third kappa shape index (κ3) is 11.3. The lowest BCUT2D eigenvalue weighted by atomic mass is 10.1. The van der Waals surface area contributed by atoms with Gasteiger partial charge in [-0.2, -0.15) is 0 Å². The zero-order valence-electron chi connectivity index (χ0n) is 12.1. The molecular weight excluding hydrogens is 244 g/mol. The van der Waals surface area contributed by atoms with E-state index in [4.69, 9.17) is 4.74 Å². The van der Waals surface area contributed by atoms with E-state index in [0.717, 1.165) is 12.8 Å². The van der Waals surface area contributed by atoms with Crippen molar-refractivity contribution < 1.29 is 14.3 Å². The van der Waals surface area contributed by atoms with E-state index in [0.29, 0.717) is 18.7 Å². The van der Waals surface area contributed by atoms with Crippen LogP contribution >= 0.6 is 0 Å². The molecule has 0 saturated carbocycles. The lowest BCUT2D eigenvalue weighted by Crippen LogP contribution is -2.38. The van der Waals surface area contributed by atoms with Crippen LogP contribution < -0.4 is 10.6 Å². The lowest BCUT2D eigenvalue weighted by molar-refractivity contribution is -0.138. The summed E-state index contributed by atoms with van der Waals surface area (Å²) in [5.41, 5.74) is 0.358. The van der Waals surface area contributed by atoms with Gasteiger partial charge >= 0.3 is 12.0 Å². The van der Waals surface area contributed by atoms with Crippen molar-refractivity contribution in [3.63, 3.8) is 0 Å². The second-order valence-corrected chi connectivity index (χ2v) is 4.51. The molecule has 0 radical (unpaired) electrons. The number of carbonyl (C=O) groups excluding carboxylic acids is 2. The zero-order chi connectivity index (χ0) is 14.5. The molecule has 5 heteroatoms. The van der Waals surface area contributed by atoms with Crippen LogP contribution in [-0.2, 0) is 9.53 Å². The van der Waals surface area contributed by atoms with Crippen molar-refractivity contribution in [2.45, 2.75) is 46.0 Å². The Morgan fingerprint density at radius 3 is 2.32 bits per heavy atom. The van der Waals surface area contributed by atoms with Crippen molar-refractivity contribution in [1.29, 1.82) is 0 Å². The first-order valence-corrected chi connectivity index (χ1v) is 6.92. The Kier molecular flexibility index (Phi) is 10.6. The minimum Gasteiger partial charge on any atom is -0.460 e. The standard InChI is InChI=1S/C14H26N2O3/c1-4-5-6-7-8-9-15-14(18)16-10-11-19-13(17)12(2)3/h2,4-11H2,1,3H3,(H2,15,16,18). The Balaban J connectivity index is 3.35. The molecule has 2 amide bonds. The van der Waals surface area contributed by atoms with E-state index in [9.17, 15) is 9.59 Å². The van der Waals surface area contributed by atoms with Crippen LogP contribution in [0.3, 0.4) is 0 Å². The molecule has 0 unspecified atom stereocenters. The third-order valence-corrected chi connectivity index (χ3v) is 2.54. The second-order valence-electron chi connectivity index (χ2n) is 4.51. The first kappa shape index (κ1) is 17.5. The van der Waals surface area contributed by atoms with Crippen molar-refractivity contribution in [1.82, 2.24) is 10.6 Å². The first-order chi connectivity index (χ1) is 9.07. The van der Waals surface area contributed by atoms with Crippen LogP contribution in [0.25, 0.3) is 0 Å². The van der Waals surface area contributed by atoms with Gasteiger partial charge in [0.05, 0.1) is 6.54 Å². The van der Waals surface area contributed by atoms with E-state index in [1.54, 1.807) is 6.92 Å². The predicted octanol–water partition coefficient (Wildman–Crippen LogP) is 2.38. The highest BCUT2D eigenvalue weighted by molar-refractivity contribution is 5.86. The Labute approximate surface area is 115 Å². The number of amides is 2. The van der Waals surface area contributed by atoms with Crippen LogP contribution in [-0.4, -0.2) is 31.7 Å². The third-order valence-electron chi connectivity index (χ3n) is 2.54. The average Bonchev–Trinajstić information content (AvgIpc) is 2.38. The highest BCUT2D eigenvalue weighted by Gasteiger charge is 2.03. The summed E-state index contributed by atoms with van der Waals surface area (Å²) < 4.78 is 4.84. The average molecular weight is 270 g/mol. The number of hydrogen-bond acceptors (Lipinski definition) is 3. The molecule has 0 heterocycles. The molecular formula is C14H26N2O3. The molecule has 0 aromatic carbocycles. The van der Waals surface area contributed by atoms with Crippen LogP contribution in [0.4, 0.5) is 4.79 Å². The SMILES string of the molecule is C=C(C)C(=O)OCCNC(=O)NCCCCCCC. The first-order valence-electron chi connectivity index (χ1n) is 6.92. The fourth-order valence-corrected chi connectivity index (χ4v) is 1.42. The minimum absolute atomic E-state index is 0.162. The van der Waals surface area contributed by atoms with E-state index < -0.39 is 5.97 Å². The van der Waals surface area contributed by atoms with E-state index in [-0.39, 0.29) is 12.6 Å². The molecule has 2 N–H and O–H groups in total. The zero-order valence-corrected chi connectivity index (χ0v) is 12.1. The summed E-state index contributed by atoms with van der Waals surface area (Å²) in [6.07, 6.45) is 5.83. The van der Waals surface area contributed by atoms with E-state index in [1.165, 1.54) is 19.3 Å². The van der Waals surface area contributed by atoms with Gasteiger partial charge < -0.3 is 15.4 Å². The molecule has 0 spiro atoms. The molecule has 0 aliphatic carbocycles. The molecule has 5 nitrogen and oxygen atoms in total. The van der Waals surface area contributed by atoms with Crippen molar-refractivity contribution >= 4 is 12.0 Å². The smallest absolute Gasteiger partial charge is 0.333 e. The van der Waals surface area contributed by atoms with Crippen molar-refractivity contribution in [2.75, 3.05) is 19.7 Å². The maximum atomic E-state index is 11.3. The Bertz CT molecular complexity index is 290. The van der Waals surface area contributed by atoms with Crippen LogP contribution in [0.15, 0.2) is 12.2 Å².